The summed E-state index contributed by atoms with van der Waals surface area (Å²) < 4.78 is 9.30. The number of nitrogens with one attached hydrogen (secondary N) is 1. The first kappa shape index (κ1) is 16.6. The summed E-state index contributed by atoms with van der Waals surface area (Å²) in [5.74, 6) is -1.65. The number of thiazole rings is 1. The molecule has 1 amide bonds. The SMILES string of the molecule is COC(=O)c1ccccc1C(=O)Nc1nc(C)c(C(=O)OC)s1. The Morgan fingerprint density at radius 1 is 1.04 bits per heavy atom. The highest BCUT2D eigenvalue weighted by Gasteiger charge is 2.20. The van der Waals surface area contributed by atoms with Gasteiger partial charge in [0.15, 0.2) is 5.13 Å². The van der Waals surface area contributed by atoms with Crippen molar-refractivity contribution in [3.05, 3.63) is 46.0 Å². The van der Waals surface area contributed by atoms with E-state index in [1.165, 1.54) is 26.4 Å². The van der Waals surface area contributed by atoms with Gasteiger partial charge < -0.3 is 9.47 Å². The molecule has 0 unspecified atom stereocenters. The molecule has 0 aliphatic rings. The van der Waals surface area contributed by atoms with E-state index in [9.17, 15) is 14.4 Å². The van der Waals surface area contributed by atoms with Crippen molar-refractivity contribution in [2.75, 3.05) is 19.5 Å². The molecule has 23 heavy (non-hydrogen) atoms. The number of aryl methyl sites for hydroxylation is 1. The largest absolute Gasteiger partial charge is 0.465 e. The molecular formula is C15H14N2O5S. The van der Waals surface area contributed by atoms with Crippen molar-refractivity contribution in [3.8, 4) is 0 Å². The number of carbonyl (C=O) groups is 3. The first-order valence-electron chi connectivity index (χ1n) is 6.52. The predicted octanol–water partition coefficient (Wildman–Crippen LogP) is 2.28. The van der Waals surface area contributed by atoms with Gasteiger partial charge in [0, 0.05) is 0 Å². The maximum Gasteiger partial charge on any atom is 0.350 e. The van der Waals surface area contributed by atoms with Gasteiger partial charge in [-0.3, -0.25) is 10.1 Å². The molecule has 1 heterocycles. The minimum absolute atomic E-state index is 0.147. The number of aromatic nitrogens is 1. The van der Waals surface area contributed by atoms with Crippen LogP contribution in [0.25, 0.3) is 0 Å². The minimum atomic E-state index is -0.610. The van der Waals surface area contributed by atoms with E-state index in [2.05, 4.69) is 19.8 Å². The second-order valence-electron chi connectivity index (χ2n) is 4.42. The zero-order valence-electron chi connectivity index (χ0n) is 12.7. The molecule has 0 fully saturated rings. The first-order valence-corrected chi connectivity index (χ1v) is 7.34. The maximum atomic E-state index is 12.3. The molecule has 1 aromatic carbocycles. The highest BCUT2D eigenvalue weighted by molar-refractivity contribution is 7.17. The van der Waals surface area contributed by atoms with E-state index in [1.807, 2.05) is 0 Å². The highest BCUT2D eigenvalue weighted by atomic mass is 32.1. The number of hydrogen-bond donors (Lipinski definition) is 1. The summed E-state index contributed by atoms with van der Waals surface area (Å²) in [7, 11) is 2.51. The van der Waals surface area contributed by atoms with E-state index < -0.39 is 17.8 Å². The van der Waals surface area contributed by atoms with Crippen LogP contribution in [0.5, 0.6) is 0 Å². The van der Waals surface area contributed by atoms with Crippen LogP contribution in [0.4, 0.5) is 5.13 Å². The molecule has 0 saturated carbocycles. The van der Waals surface area contributed by atoms with Crippen LogP contribution in [0, 0.1) is 6.92 Å². The summed E-state index contributed by atoms with van der Waals surface area (Å²) in [4.78, 5) is 40.0. The molecule has 0 aliphatic carbocycles. The third-order valence-corrected chi connectivity index (χ3v) is 4.02. The Balaban J connectivity index is 2.27. The number of amides is 1. The number of anilines is 1. The van der Waals surface area contributed by atoms with Crippen molar-refractivity contribution in [1.29, 1.82) is 0 Å². The van der Waals surface area contributed by atoms with Crippen molar-refractivity contribution < 1.29 is 23.9 Å². The number of benzene rings is 1. The molecular weight excluding hydrogens is 320 g/mol. The third-order valence-electron chi connectivity index (χ3n) is 2.96. The Morgan fingerprint density at radius 2 is 1.65 bits per heavy atom. The number of rotatable bonds is 4. The van der Waals surface area contributed by atoms with Crippen LogP contribution in [0.15, 0.2) is 24.3 Å². The van der Waals surface area contributed by atoms with Gasteiger partial charge in [-0.15, -0.1) is 0 Å². The molecule has 2 rings (SSSR count). The normalized spacial score (nSPS) is 10.0. The lowest BCUT2D eigenvalue weighted by molar-refractivity contribution is 0.0592. The third kappa shape index (κ3) is 3.54. The Hall–Kier alpha value is -2.74. The molecule has 0 aliphatic heterocycles. The monoisotopic (exact) mass is 334 g/mol. The van der Waals surface area contributed by atoms with Gasteiger partial charge in [0.25, 0.3) is 5.91 Å². The van der Waals surface area contributed by atoms with Gasteiger partial charge in [-0.1, -0.05) is 23.5 Å². The van der Waals surface area contributed by atoms with Gasteiger partial charge in [-0.25, -0.2) is 14.6 Å². The Morgan fingerprint density at radius 3 is 2.26 bits per heavy atom. The summed E-state index contributed by atoms with van der Waals surface area (Å²) >= 11 is 1.00. The van der Waals surface area contributed by atoms with Gasteiger partial charge in [-0.2, -0.15) is 0 Å². The van der Waals surface area contributed by atoms with Gasteiger partial charge in [0.2, 0.25) is 0 Å². The molecule has 1 N–H and O–H groups in total. The van der Waals surface area contributed by atoms with Crippen molar-refractivity contribution in [2.24, 2.45) is 0 Å². The first-order chi connectivity index (χ1) is 11.0. The van der Waals surface area contributed by atoms with Crippen LogP contribution in [0.3, 0.4) is 0 Å². The fourth-order valence-corrected chi connectivity index (χ4v) is 2.75. The summed E-state index contributed by atoms with van der Waals surface area (Å²) in [6, 6.07) is 6.26. The lowest BCUT2D eigenvalue weighted by Crippen LogP contribution is -2.17. The lowest BCUT2D eigenvalue weighted by atomic mass is 10.1. The fraction of sp³-hybridized carbons (Fsp3) is 0.200. The number of carbonyl (C=O) groups excluding carboxylic acids is 3. The molecule has 2 aromatic rings. The van der Waals surface area contributed by atoms with Crippen LogP contribution >= 0.6 is 11.3 Å². The highest BCUT2D eigenvalue weighted by Crippen LogP contribution is 2.24. The zero-order valence-corrected chi connectivity index (χ0v) is 13.5. The quantitative estimate of drug-likeness (QED) is 0.862. The molecule has 0 spiro atoms. The van der Waals surface area contributed by atoms with E-state index in [0.717, 1.165) is 11.3 Å². The molecule has 0 radical (unpaired) electrons. The topological polar surface area (TPSA) is 94.6 Å². The Labute approximate surface area is 136 Å². The predicted molar refractivity (Wildman–Crippen MR) is 83.9 cm³/mol. The summed E-state index contributed by atoms with van der Waals surface area (Å²) in [5.41, 5.74) is 0.763. The Kier molecular flexibility index (Phi) is 5.07. The van der Waals surface area contributed by atoms with E-state index in [-0.39, 0.29) is 16.3 Å². The maximum absolute atomic E-state index is 12.3. The van der Waals surface area contributed by atoms with E-state index in [0.29, 0.717) is 10.6 Å². The summed E-state index contributed by atoms with van der Waals surface area (Å²) in [6.45, 7) is 1.64. The van der Waals surface area contributed by atoms with Gasteiger partial charge in [0.1, 0.15) is 4.88 Å². The summed E-state index contributed by atoms with van der Waals surface area (Å²) in [5, 5.41) is 2.81. The number of hydrogen-bond acceptors (Lipinski definition) is 7. The van der Waals surface area contributed by atoms with Gasteiger partial charge in [0.05, 0.1) is 31.0 Å². The van der Waals surface area contributed by atoms with Gasteiger partial charge in [-0.05, 0) is 19.1 Å². The molecule has 1 aromatic heterocycles. The van der Waals surface area contributed by atoms with Crippen LogP contribution in [-0.4, -0.2) is 37.0 Å². The zero-order chi connectivity index (χ0) is 17.0. The second-order valence-corrected chi connectivity index (χ2v) is 5.42. The smallest absolute Gasteiger partial charge is 0.350 e. The molecule has 0 saturated heterocycles. The molecule has 120 valence electrons. The number of nitrogens with zero attached hydrogens (tertiary/aromatic N) is 1. The van der Waals surface area contributed by atoms with E-state index in [4.69, 9.17) is 0 Å². The Bertz CT molecular complexity index is 769. The van der Waals surface area contributed by atoms with E-state index >= 15 is 0 Å². The van der Waals surface area contributed by atoms with Crippen LogP contribution in [0.2, 0.25) is 0 Å². The minimum Gasteiger partial charge on any atom is -0.465 e. The molecule has 8 heteroatoms. The van der Waals surface area contributed by atoms with Crippen molar-refractivity contribution in [2.45, 2.75) is 6.92 Å². The average molecular weight is 334 g/mol. The lowest BCUT2D eigenvalue weighted by Gasteiger charge is -2.06. The van der Waals surface area contributed by atoms with Crippen molar-refractivity contribution in [3.63, 3.8) is 0 Å². The number of methoxy groups -OCH3 is 2. The van der Waals surface area contributed by atoms with E-state index in [1.54, 1.807) is 19.1 Å². The number of esters is 2. The fourth-order valence-electron chi connectivity index (χ4n) is 1.87. The molecule has 7 nitrogen and oxygen atoms in total. The molecule has 0 bridgehead atoms. The second kappa shape index (κ2) is 7.01. The van der Waals surface area contributed by atoms with Gasteiger partial charge >= 0.3 is 11.9 Å². The molecule has 0 atom stereocenters. The van der Waals surface area contributed by atoms with Crippen LogP contribution in [0.1, 0.15) is 36.1 Å². The van der Waals surface area contributed by atoms with Crippen LogP contribution in [-0.2, 0) is 9.47 Å². The number of ether oxygens (including phenoxy) is 2. The van der Waals surface area contributed by atoms with Crippen molar-refractivity contribution >= 4 is 34.3 Å². The average Bonchev–Trinajstić information content (AvgIpc) is 2.93. The van der Waals surface area contributed by atoms with Crippen LogP contribution < -0.4 is 5.32 Å². The standard InChI is InChI=1S/C15H14N2O5S/c1-8-11(14(20)22-3)23-15(16-8)17-12(18)9-6-4-5-7-10(9)13(19)21-2/h4-7H,1-3H3,(H,16,17,18). The summed E-state index contributed by atoms with van der Waals surface area (Å²) in [6.07, 6.45) is 0. The van der Waals surface area contributed by atoms with Crippen molar-refractivity contribution in [1.82, 2.24) is 4.98 Å².